The summed E-state index contributed by atoms with van der Waals surface area (Å²) in [6.45, 7) is 2.97. The normalized spacial score (nSPS) is 15.3. The Hall–Kier alpha value is -3.09. The third-order valence-electron chi connectivity index (χ3n) is 6.29. The van der Waals surface area contributed by atoms with Gasteiger partial charge in [-0.15, -0.1) is 0 Å². The maximum atomic E-state index is 13.3. The highest BCUT2D eigenvalue weighted by Gasteiger charge is 2.32. The van der Waals surface area contributed by atoms with Crippen molar-refractivity contribution in [1.29, 1.82) is 0 Å². The minimum absolute atomic E-state index is 0.0911. The first kappa shape index (κ1) is 30.1. The summed E-state index contributed by atoms with van der Waals surface area (Å²) in [6, 6.07) is 3.06. The Morgan fingerprint density at radius 3 is 2.32 bits per heavy atom. The number of benzene rings is 1. The van der Waals surface area contributed by atoms with Gasteiger partial charge in [0.05, 0.1) is 6.61 Å². The standard InChI is InChI=1S/C25H37N5O6S/c1-4-14(2)21(25(35)36)30-24(34)20(11-15-12-27-18-8-6-5-7-16(15)18)29-23(33)19(9-10-37-3)28-22(32)17(26)13-31/h5-8,12,14,17,19-21,27,31H,4,9-11,13,26H2,1-3H3,(H,28,32)(H,29,33)(H,30,34)(H,35,36). The van der Waals surface area contributed by atoms with Crippen LogP contribution in [-0.2, 0) is 25.6 Å². The summed E-state index contributed by atoms with van der Waals surface area (Å²) in [5.74, 6) is -2.90. The zero-order chi connectivity index (χ0) is 27.5. The molecule has 2 aromatic rings. The van der Waals surface area contributed by atoms with Gasteiger partial charge < -0.3 is 36.9 Å². The van der Waals surface area contributed by atoms with Gasteiger partial charge in [0.2, 0.25) is 17.7 Å². The number of rotatable bonds is 15. The molecule has 1 aromatic carbocycles. The number of hydrogen-bond acceptors (Lipinski definition) is 7. The Labute approximate surface area is 220 Å². The fraction of sp³-hybridized carbons (Fsp3) is 0.520. The monoisotopic (exact) mass is 535 g/mol. The van der Waals surface area contributed by atoms with E-state index in [9.17, 15) is 29.4 Å². The predicted octanol–water partition coefficient (Wildman–Crippen LogP) is 0.368. The van der Waals surface area contributed by atoms with E-state index in [1.807, 2.05) is 37.4 Å². The van der Waals surface area contributed by atoms with Crippen LogP contribution in [0.15, 0.2) is 30.5 Å². The molecule has 1 heterocycles. The van der Waals surface area contributed by atoms with Gasteiger partial charge in [0.1, 0.15) is 24.2 Å². The van der Waals surface area contributed by atoms with Crippen LogP contribution in [0.3, 0.4) is 0 Å². The van der Waals surface area contributed by atoms with Gasteiger partial charge in [0, 0.05) is 23.5 Å². The second kappa shape index (κ2) is 14.6. The van der Waals surface area contributed by atoms with Gasteiger partial charge in [-0.2, -0.15) is 11.8 Å². The molecule has 5 atom stereocenters. The number of aliphatic hydroxyl groups excluding tert-OH is 1. The average molecular weight is 536 g/mol. The molecule has 1 aromatic heterocycles. The molecule has 0 saturated carbocycles. The lowest BCUT2D eigenvalue weighted by Crippen LogP contribution is -2.58. The average Bonchev–Trinajstić information content (AvgIpc) is 3.30. The van der Waals surface area contributed by atoms with Gasteiger partial charge in [-0.25, -0.2) is 4.79 Å². The molecule has 0 aliphatic heterocycles. The van der Waals surface area contributed by atoms with E-state index in [1.54, 1.807) is 13.1 Å². The van der Waals surface area contributed by atoms with Crippen LogP contribution < -0.4 is 21.7 Å². The second-order valence-electron chi connectivity index (χ2n) is 8.97. The van der Waals surface area contributed by atoms with Crippen molar-refractivity contribution in [3.05, 3.63) is 36.0 Å². The molecular weight excluding hydrogens is 498 g/mol. The number of thioether (sulfide) groups is 1. The number of carboxylic acids is 1. The van der Waals surface area contributed by atoms with Crippen molar-refractivity contribution in [3.63, 3.8) is 0 Å². The number of nitrogens with two attached hydrogens (primary N) is 1. The van der Waals surface area contributed by atoms with Crippen LogP contribution >= 0.6 is 11.8 Å². The maximum absolute atomic E-state index is 13.3. The molecule has 11 nitrogen and oxygen atoms in total. The molecule has 5 unspecified atom stereocenters. The number of aromatic amines is 1. The Kier molecular flexibility index (Phi) is 11.9. The van der Waals surface area contributed by atoms with Crippen LogP contribution in [0, 0.1) is 5.92 Å². The number of amides is 3. The largest absolute Gasteiger partial charge is 0.480 e. The van der Waals surface area contributed by atoms with Gasteiger partial charge in [-0.05, 0) is 36.0 Å². The molecule has 37 heavy (non-hydrogen) atoms. The van der Waals surface area contributed by atoms with Crippen LogP contribution in [0.25, 0.3) is 10.9 Å². The Balaban J connectivity index is 2.33. The van der Waals surface area contributed by atoms with Gasteiger partial charge >= 0.3 is 5.97 Å². The third kappa shape index (κ3) is 8.48. The fourth-order valence-corrected chi connectivity index (χ4v) is 4.28. The number of aliphatic hydroxyl groups is 1. The zero-order valence-corrected chi connectivity index (χ0v) is 22.1. The number of hydrogen-bond donors (Lipinski definition) is 7. The number of fused-ring (bicyclic) bond motifs is 1. The van der Waals surface area contributed by atoms with E-state index in [0.717, 1.165) is 16.5 Å². The van der Waals surface area contributed by atoms with Crippen LogP contribution in [0.1, 0.15) is 32.3 Å². The van der Waals surface area contributed by atoms with Crippen molar-refractivity contribution >= 4 is 46.4 Å². The molecule has 0 aliphatic rings. The summed E-state index contributed by atoms with van der Waals surface area (Å²) in [5.41, 5.74) is 7.21. The summed E-state index contributed by atoms with van der Waals surface area (Å²) in [4.78, 5) is 53.8. The zero-order valence-electron chi connectivity index (χ0n) is 21.3. The lowest BCUT2D eigenvalue weighted by molar-refractivity contribution is -0.143. The SMILES string of the molecule is CCC(C)C(NC(=O)C(Cc1c[nH]c2ccccc12)NC(=O)C(CCSC)NC(=O)C(N)CO)C(=O)O. The number of nitrogens with one attached hydrogen (secondary N) is 4. The van der Waals surface area contributed by atoms with E-state index in [4.69, 9.17) is 5.73 Å². The number of para-hydroxylation sites is 1. The summed E-state index contributed by atoms with van der Waals surface area (Å²) < 4.78 is 0. The van der Waals surface area contributed by atoms with Crippen molar-refractivity contribution in [1.82, 2.24) is 20.9 Å². The summed E-state index contributed by atoms with van der Waals surface area (Å²) in [6.07, 6.45) is 4.49. The van der Waals surface area contributed by atoms with Gasteiger partial charge in [-0.3, -0.25) is 14.4 Å². The van der Waals surface area contributed by atoms with Crippen LogP contribution in [0.5, 0.6) is 0 Å². The Morgan fingerprint density at radius 2 is 1.70 bits per heavy atom. The van der Waals surface area contributed by atoms with E-state index in [1.165, 1.54) is 11.8 Å². The molecule has 0 fully saturated rings. The number of carbonyl (C=O) groups is 4. The lowest BCUT2D eigenvalue weighted by Gasteiger charge is -2.26. The molecular formula is C25H37N5O6S. The highest BCUT2D eigenvalue weighted by molar-refractivity contribution is 7.98. The molecule has 0 radical (unpaired) electrons. The molecule has 3 amide bonds. The van der Waals surface area contributed by atoms with Crippen LogP contribution in [0.4, 0.5) is 0 Å². The van der Waals surface area contributed by atoms with E-state index >= 15 is 0 Å². The predicted molar refractivity (Wildman–Crippen MR) is 143 cm³/mol. The Morgan fingerprint density at radius 1 is 1.05 bits per heavy atom. The van der Waals surface area contributed by atoms with Gasteiger partial charge in [0.25, 0.3) is 0 Å². The molecule has 0 saturated heterocycles. The number of aromatic nitrogens is 1. The number of H-pyrrole nitrogens is 1. The first-order chi connectivity index (χ1) is 17.6. The van der Waals surface area contributed by atoms with E-state index < -0.39 is 54.5 Å². The van der Waals surface area contributed by atoms with Gasteiger partial charge in [-0.1, -0.05) is 38.5 Å². The Bertz CT molecular complexity index is 1080. The maximum Gasteiger partial charge on any atom is 0.326 e. The molecule has 0 aliphatic carbocycles. The second-order valence-corrected chi connectivity index (χ2v) is 9.95. The van der Waals surface area contributed by atoms with Crippen molar-refractivity contribution < 1.29 is 29.4 Å². The first-order valence-electron chi connectivity index (χ1n) is 12.2. The highest BCUT2D eigenvalue weighted by atomic mass is 32.2. The van der Waals surface area contributed by atoms with Crippen molar-refractivity contribution in [2.45, 2.75) is 57.3 Å². The van der Waals surface area contributed by atoms with Crippen LogP contribution in [-0.4, -0.2) is 81.7 Å². The number of carboxylic acid groups (broad SMARTS) is 1. The minimum atomic E-state index is -1.19. The lowest BCUT2D eigenvalue weighted by atomic mass is 9.98. The van der Waals surface area contributed by atoms with Gasteiger partial charge in [0.15, 0.2) is 0 Å². The molecule has 12 heteroatoms. The van der Waals surface area contributed by atoms with E-state index in [-0.39, 0.29) is 18.8 Å². The van der Waals surface area contributed by atoms with Crippen molar-refractivity contribution in [2.24, 2.45) is 11.7 Å². The van der Waals surface area contributed by atoms with Crippen LogP contribution in [0.2, 0.25) is 0 Å². The summed E-state index contributed by atoms with van der Waals surface area (Å²) >= 11 is 1.48. The first-order valence-corrected chi connectivity index (χ1v) is 13.6. The fourth-order valence-electron chi connectivity index (χ4n) is 3.81. The minimum Gasteiger partial charge on any atom is -0.480 e. The summed E-state index contributed by atoms with van der Waals surface area (Å²) in [7, 11) is 0. The quantitative estimate of drug-likeness (QED) is 0.170. The molecule has 0 spiro atoms. The third-order valence-corrected chi connectivity index (χ3v) is 6.93. The molecule has 2 rings (SSSR count). The molecule has 204 valence electrons. The topological polar surface area (TPSA) is 187 Å². The highest BCUT2D eigenvalue weighted by Crippen LogP contribution is 2.20. The molecule has 8 N–H and O–H groups in total. The smallest absolute Gasteiger partial charge is 0.326 e. The van der Waals surface area contributed by atoms with E-state index in [2.05, 4.69) is 20.9 Å². The van der Waals surface area contributed by atoms with Crippen molar-refractivity contribution in [3.8, 4) is 0 Å². The molecule has 0 bridgehead atoms. The number of aliphatic carboxylic acids is 1. The van der Waals surface area contributed by atoms with Crippen molar-refractivity contribution in [2.75, 3.05) is 18.6 Å². The number of carbonyl (C=O) groups excluding carboxylic acids is 3. The van der Waals surface area contributed by atoms with E-state index in [0.29, 0.717) is 12.2 Å². The summed E-state index contributed by atoms with van der Waals surface area (Å²) in [5, 5.41) is 27.5.